The van der Waals surface area contributed by atoms with E-state index in [1.807, 2.05) is 31.2 Å². The molecule has 0 fully saturated rings. The van der Waals surface area contributed by atoms with Gasteiger partial charge >= 0.3 is 0 Å². The van der Waals surface area contributed by atoms with E-state index in [1.54, 1.807) is 22.8 Å². The Balaban J connectivity index is 1.74. The van der Waals surface area contributed by atoms with Crippen molar-refractivity contribution < 1.29 is 8.42 Å². The summed E-state index contributed by atoms with van der Waals surface area (Å²) in [4.78, 5) is 20.4. The van der Waals surface area contributed by atoms with Gasteiger partial charge in [-0.05, 0) is 50.8 Å². The van der Waals surface area contributed by atoms with Gasteiger partial charge in [-0.2, -0.15) is 0 Å². The molecule has 0 atom stereocenters. The number of sulfonamides is 1. The average molecular weight is 450 g/mol. The fourth-order valence-corrected chi connectivity index (χ4v) is 6.40. The maximum absolute atomic E-state index is 13.5. The van der Waals surface area contributed by atoms with Gasteiger partial charge < -0.3 is 0 Å². The highest BCUT2D eigenvalue weighted by molar-refractivity contribution is 7.99. The predicted molar refractivity (Wildman–Crippen MR) is 120 cm³/mol. The molecule has 3 aromatic rings. The number of thioether (sulfide) groups is 1. The largest absolute Gasteiger partial charge is 0.268 e. The molecule has 2 aromatic heterocycles. The van der Waals surface area contributed by atoms with E-state index in [2.05, 4.69) is 4.72 Å². The van der Waals surface area contributed by atoms with E-state index >= 15 is 0 Å². The predicted octanol–water partition coefficient (Wildman–Crippen LogP) is 3.28. The Morgan fingerprint density at radius 3 is 2.72 bits per heavy atom. The van der Waals surface area contributed by atoms with Crippen LogP contribution in [0.3, 0.4) is 0 Å². The molecule has 4 rings (SSSR count). The number of nitrogens with one attached hydrogen (secondary N) is 1. The summed E-state index contributed by atoms with van der Waals surface area (Å²) < 4.78 is 27.5. The molecule has 0 bridgehead atoms. The van der Waals surface area contributed by atoms with Crippen LogP contribution in [0.25, 0.3) is 15.9 Å². The van der Waals surface area contributed by atoms with Crippen LogP contribution in [0, 0.1) is 6.92 Å². The van der Waals surface area contributed by atoms with Gasteiger partial charge in [0.2, 0.25) is 10.0 Å². The van der Waals surface area contributed by atoms with Crippen molar-refractivity contribution >= 4 is 43.3 Å². The van der Waals surface area contributed by atoms with Crippen molar-refractivity contribution in [3.8, 4) is 5.69 Å². The van der Waals surface area contributed by atoms with Gasteiger partial charge in [0.05, 0.1) is 16.8 Å². The molecule has 0 radical (unpaired) electrons. The minimum absolute atomic E-state index is 0.0325. The second-order valence-electron chi connectivity index (χ2n) is 7.05. The third kappa shape index (κ3) is 4.14. The average Bonchev–Trinajstić information content (AvgIpc) is 3.27. The molecule has 0 saturated heterocycles. The molecule has 29 heavy (non-hydrogen) atoms. The lowest BCUT2D eigenvalue weighted by Crippen LogP contribution is -2.28. The minimum atomic E-state index is -3.23. The number of aryl methyl sites for hydroxylation is 3. The van der Waals surface area contributed by atoms with Gasteiger partial charge in [-0.3, -0.25) is 9.36 Å². The molecule has 1 aliphatic rings. The van der Waals surface area contributed by atoms with Gasteiger partial charge in [-0.1, -0.05) is 29.5 Å². The van der Waals surface area contributed by atoms with Gasteiger partial charge in [-0.15, -0.1) is 11.3 Å². The van der Waals surface area contributed by atoms with E-state index in [1.165, 1.54) is 16.6 Å². The summed E-state index contributed by atoms with van der Waals surface area (Å²) in [5.74, 6) is 0.546. The van der Waals surface area contributed by atoms with Crippen LogP contribution < -0.4 is 10.3 Å². The molecule has 6 nitrogen and oxygen atoms in total. The molecule has 0 saturated carbocycles. The molecule has 0 amide bonds. The zero-order valence-corrected chi connectivity index (χ0v) is 18.8. The summed E-state index contributed by atoms with van der Waals surface area (Å²) >= 11 is 3.02. The third-order valence-corrected chi connectivity index (χ3v) is 8.57. The van der Waals surface area contributed by atoms with Crippen LogP contribution >= 0.6 is 23.1 Å². The summed E-state index contributed by atoms with van der Waals surface area (Å²) in [6.07, 6.45) is 3.04. The molecule has 0 unspecified atom stereocenters. The Morgan fingerprint density at radius 1 is 1.24 bits per heavy atom. The monoisotopic (exact) mass is 449 g/mol. The summed E-state index contributed by atoms with van der Waals surface area (Å²) in [6, 6.07) is 7.82. The summed E-state index contributed by atoms with van der Waals surface area (Å²) in [5.41, 5.74) is 3.03. The van der Waals surface area contributed by atoms with E-state index in [-0.39, 0.29) is 11.3 Å². The number of benzene rings is 1. The Labute approximate surface area is 178 Å². The molecule has 9 heteroatoms. The summed E-state index contributed by atoms with van der Waals surface area (Å²) in [7, 11) is -3.23. The van der Waals surface area contributed by atoms with Gasteiger partial charge in [0.25, 0.3) is 5.56 Å². The zero-order chi connectivity index (χ0) is 20.6. The quantitative estimate of drug-likeness (QED) is 0.340. The summed E-state index contributed by atoms with van der Waals surface area (Å²) in [6.45, 7) is 3.91. The van der Waals surface area contributed by atoms with Crippen LogP contribution in [-0.4, -0.2) is 36.0 Å². The first kappa shape index (κ1) is 20.6. The number of hydrogen-bond acceptors (Lipinski definition) is 6. The van der Waals surface area contributed by atoms with E-state index in [4.69, 9.17) is 4.98 Å². The van der Waals surface area contributed by atoms with Crippen LogP contribution in [0.15, 0.2) is 34.2 Å². The van der Waals surface area contributed by atoms with E-state index < -0.39 is 10.0 Å². The number of nitrogens with zero attached hydrogens (tertiary/aromatic N) is 2. The van der Waals surface area contributed by atoms with Crippen molar-refractivity contribution in [3.05, 3.63) is 50.6 Å². The van der Waals surface area contributed by atoms with Crippen LogP contribution in [0.2, 0.25) is 0 Å². The lowest BCUT2D eigenvalue weighted by molar-refractivity contribution is 0.585. The van der Waals surface area contributed by atoms with Crippen molar-refractivity contribution in [1.82, 2.24) is 14.3 Å². The highest BCUT2D eigenvalue weighted by atomic mass is 32.2. The zero-order valence-electron chi connectivity index (χ0n) is 16.4. The molecule has 0 aliphatic heterocycles. The molecule has 1 aliphatic carbocycles. The van der Waals surface area contributed by atoms with Crippen molar-refractivity contribution in [2.75, 3.05) is 18.1 Å². The highest BCUT2D eigenvalue weighted by Crippen LogP contribution is 2.36. The Morgan fingerprint density at radius 2 is 2.00 bits per heavy atom. The first-order valence-electron chi connectivity index (χ1n) is 9.64. The van der Waals surface area contributed by atoms with Crippen molar-refractivity contribution in [1.29, 1.82) is 0 Å². The number of hydrogen-bond donors (Lipinski definition) is 1. The second-order valence-corrected chi connectivity index (χ2v) is 11.3. The highest BCUT2D eigenvalue weighted by Gasteiger charge is 2.23. The van der Waals surface area contributed by atoms with Crippen LogP contribution in [-0.2, 0) is 22.9 Å². The number of rotatable bonds is 7. The second kappa shape index (κ2) is 8.22. The fraction of sp³-hybridized carbons (Fsp3) is 0.400. The van der Waals surface area contributed by atoms with E-state index in [0.717, 1.165) is 46.3 Å². The number of thiophene rings is 1. The molecular formula is C20H23N3O3S3. The van der Waals surface area contributed by atoms with Crippen LogP contribution in [0.5, 0.6) is 0 Å². The topological polar surface area (TPSA) is 81.1 Å². The molecule has 154 valence electrons. The molecule has 1 aromatic carbocycles. The van der Waals surface area contributed by atoms with Gasteiger partial charge in [0.1, 0.15) is 4.83 Å². The third-order valence-electron chi connectivity index (χ3n) is 5.04. The first-order chi connectivity index (χ1) is 13.9. The van der Waals surface area contributed by atoms with Crippen LogP contribution in [0.4, 0.5) is 0 Å². The molecule has 2 heterocycles. The minimum Gasteiger partial charge on any atom is -0.268 e. The van der Waals surface area contributed by atoms with E-state index in [9.17, 15) is 13.2 Å². The van der Waals surface area contributed by atoms with Crippen molar-refractivity contribution in [2.24, 2.45) is 0 Å². The molecule has 0 spiro atoms. The Hall–Kier alpha value is -1.68. The lowest BCUT2D eigenvalue weighted by atomic mass is 10.2. The standard InChI is InChI=1S/C20H23N3O3S3/c1-3-29(25,26)21-11-12-27-20-22-18-17(15-5-4-6-16(15)28-18)19(24)23(20)14-9-7-13(2)8-10-14/h7-10,21H,3-6,11-12H2,1-2H3. The van der Waals surface area contributed by atoms with Crippen molar-refractivity contribution in [3.63, 3.8) is 0 Å². The summed E-state index contributed by atoms with van der Waals surface area (Å²) in [5, 5.41) is 1.35. The smallest absolute Gasteiger partial charge is 0.267 e. The number of fused-ring (bicyclic) bond motifs is 3. The van der Waals surface area contributed by atoms with Crippen molar-refractivity contribution in [2.45, 2.75) is 38.3 Å². The number of aromatic nitrogens is 2. The Bertz CT molecular complexity index is 1210. The SMILES string of the molecule is CCS(=O)(=O)NCCSc1nc2sc3c(c2c(=O)n1-c1ccc(C)cc1)CCC3. The van der Waals surface area contributed by atoms with E-state index in [0.29, 0.717) is 17.5 Å². The van der Waals surface area contributed by atoms with Crippen LogP contribution in [0.1, 0.15) is 29.3 Å². The van der Waals surface area contributed by atoms with Gasteiger partial charge in [0.15, 0.2) is 5.16 Å². The molecular weight excluding hydrogens is 426 g/mol. The first-order valence-corrected chi connectivity index (χ1v) is 13.1. The van der Waals surface area contributed by atoms with Gasteiger partial charge in [-0.25, -0.2) is 18.1 Å². The normalized spacial score (nSPS) is 13.9. The molecule has 1 N–H and O–H groups in total. The Kier molecular flexibility index (Phi) is 5.83. The maximum Gasteiger partial charge on any atom is 0.267 e. The fourth-order valence-electron chi connectivity index (χ4n) is 3.48. The maximum atomic E-state index is 13.5. The lowest BCUT2D eigenvalue weighted by Gasteiger charge is -2.13. The van der Waals surface area contributed by atoms with Gasteiger partial charge in [0, 0.05) is 17.2 Å².